The fraction of sp³-hybridized carbons (Fsp3) is 0.538. The van der Waals surface area contributed by atoms with Crippen molar-refractivity contribution in [2.75, 3.05) is 18.5 Å². The van der Waals surface area contributed by atoms with E-state index in [9.17, 15) is 15.2 Å². The summed E-state index contributed by atoms with van der Waals surface area (Å²) in [5, 5.41) is 20.0. The lowest BCUT2D eigenvalue weighted by atomic mass is 9.82. The summed E-state index contributed by atoms with van der Waals surface area (Å²) in [5.74, 6) is 0.528. The fourth-order valence-electron chi connectivity index (χ4n) is 2.42. The van der Waals surface area contributed by atoms with E-state index in [0.29, 0.717) is 11.5 Å². The van der Waals surface area contributed by atoms with Crippen LogP contribution < -0.4 is 4.90 Å². The van der Waals surface area contributed by atoms with Crippen LogP contribution in [0.5, 0.6) is 0 Å². The Bertz CT molecular complexity index is 456. The molecule has 0 saturated heterocycles. The quantitative estimate of drug-likeness (QED) is 0.656. The molecule has 1 aromatic rings. The Hall–Kier alpha value is -1.62. The highest BCUT2D eigenvalue weighted by atomic mass is 16.6. The normalized spacial score (nSPS) is 22.4. The molecule has 18 heavy (non-hydrogen) atoms. The number of anilines is 1. The third-order valence-corrected chi connectivity index (χ3v) is 3.56. The number of nitro groups is 1. The minimum Gasteiger partial charge on any atom is -0.393 e. The van der Waals surface area contributed by atoms with E-state index in [1.54, 1.807) is 19.1 Å². The standard InChI is InChI=1S/C13H18N2O3/c1-9-5-11(3-4-13(9)15(17)18)14(2)8-10-6-12(16)7-10/h3-5,10,12,16H,6-8H2,1-2H3. The highest BCUT2D eigenvalue weighted by Gasteiger charge is 2.28. The van der Waals surface area contributed by atoms with Gasteiger partial charge >= 0.3 is 0 Å². The first-order valence-corrected chi connectivity index (χ1v) is 6.11. The Morgan fingerprint density at radius 2 is 2.17 bits per heavy atom. The summed E-state index contributed by atoms with van der Waals surface area (Å²) in [6, 6.07) is 5.17. The summed E-state index contributed by atoms with van der Waals surface area (Å²) < 4.78 is 0. The first-order valence-electron chi connectivity index (χ1n) is 6.11. The van der Waals surface area contributed by atoms with Crippen LogP contribution in [-0.4, -0.2) is 29.7 Å². The van der Waals surface area contributed by atoms with Gasteiger partial charge < -0.3 is 10.0 Å². The van der Waals surface area contributed by atoms with Crippen molar-refractivity contribution in [2.24, 2.45) is 5.92 Å². The van der Waals surface area contributed by atoms with E-state index in [4.69, 9.17) is 0 Å². The molecule has 0 spiro atoms. The second kappa shape index (κ2) is 4.94. The Balaban J connectivity index is 2.04. The summed E-state index contributed by atoms with van der Waals surface area (Å²) in [4.78, 5) is 12.5. The molecule has 0 aliphatic heterocycles. The van der Waals surface area contributed by atoms with Crippen LogP contribution in [-0.2, 0) is 0 Å². The molecule has 2 rings (SSSR count). The summed E-state index contributed by atoms with van der Waals surface area (Å²) >= 11 is 0. The first kappa shape index (κ1) is 12.8. The predicted molar refractivity (Wildman–Crippen MR) is 69.8 cm³/mol. The van der Waals surface area contributed by atoms with Gasteiger partial charge in [-0.3, -0.25) is 10.1 Å². The zero-order valence-corrected chi connectivity index (χ0v) is 10.7. The van der Waals surface area contributed by atoms with Crippen LogP contribution in [0.15, 0.2) is 18.2 Å². The molecule has 5 heteroatoms. The molecular formula is C13H18N2O3. The zero-order chi connectivity index (χ0) is 13.3. The molecule has 1 fully saturated rings. The topological polar surface area (TPSA) is 66.6 Å². The van der Waals surface area contributed by atoms with Crippen molar-refractivity contribution in [3.8, 4) is 0 Å². The third-order valence-electron chi connectivity index (χ3n) is 3.56. The monoisotopic (exact) mass is 250 g/mol. The first-order chi connectivity index (χ1) is 8.47. The zero-order valence-electron chi connectivity index (χ0n) is 10.7. The van der Waals surface area contributed by atoms with Gasteiger partial charge in [-0.05, 0) is 37.8 Å². The molecule has 98 valence electrons. The van der Waals surface area contributed by atoms with Gasteiger partial charge in [0.2, 0.25) is 0 Å². The molecule has 0 unspecified atom stereocenters. The number of benzene rings is 1. The van der Waals surface area contributed by atoms with Crippen molar-refractivity contribution in [1.29, 1.82) is 0 Å². The minimum atomic E-state index is -0.360. The number of rotatable bonds is 4. The molecule has 0 heterocycles. The van der Waals surface area contributed by atoms with Gasteiger partial charge in [-0.1, -0.05) is 0 Å². The number of aliphatic hydroxyl groups excluding tert-OH is 1. The van der Waals surface area contributed by atoms with Gasteiger partial charge in [0.15, 0.2) is 0 Å². The summed E-state index contributed by atoms with van der Waals surface area (Å²) in [5.41, 5.74) is 1.82. The molecule has 1 aliphatic carbocycles. The summed E-state index contributed by atoms with van der Waals surface area (Å²) in [6.45, 7) is 2.64. The smallest absolute Gasteiger partial charge is 0.272 e. The molecule has 1 saturated carbocycles. The average molecular weight is 250 g/mol. The van der Waals surface area contributed by atoms with Crippen molar-refractivity contribution in [3.05, 3.63) is 33.9 Å². The van der Waals surface area contributed by atoms with Gasteiger partial charge in [0.1, 0.15) is 0 Å². The van der Waals surface area contributed by atoms with E-state index in [1.807, 2.05) is 13.1 Å². The Morgan fingerprint density at radius 3 is 2.67 bits per heavy atom. The summed E-state index contributed by atoms with van der Waals surface area (Å²) in [6.07, 6.45) is 1.58. The highest BCUT2D eigenvalue weighted by molar-refractivity contribution is 5.54. The van der Waals surface area contributed by atoms with Crippen LogP contribution in [0.2, 0.25) is 0 Å². The SMILES string of the molecule is Cc1cc(N(C)CC2CC(O)C2)ccc1[N+](=O)[O-]. The molecule has 0 atom stereocenters. The molecule has 0 aromatic heterocycles. The van der Waals surface area contributed by atoms with Gasteiger partial charge in [0.05, 0.1) is 11.0 Å². The molecule has 1 N–H and O–H groups in total. The maximum absolute atomic E-state index is 10.7. The maximum atomic E-state index is 10.7. The molecule has 0 amide bonds. The van der Waals surface area contributed by atoms with Crippen LogP contribution in [0.3, 0.4) is 0 Å². The Morgan fingerprint density at radius 1 is 1.50 bits per heavy atom. The summed E-state index contributed by atoms with van der Waals surface area (Å²) in [7, 11) is 1.98. The molecular weight excluding hydrogens is 232 g/mol. The van der Waals surface area contributed by atoms with Crippen LogP contribution in [0.25, 0.3) is 0 Å². The second-order valence-corrected chi connectivity index (χ2v) is 5.10. The van der Waals surface area contributed by atoms with Crippen molar-refractivity contribution in [2.45, 2.75) is 25.9 Å². The van der Waals surface area contributed by atoms with Gasteiger partial charge in [0, 0.05) is 30.9 Å². The van der Waals surface area contributed by atoms with Crippen LogP contribution in [0.4, 0.5) is 11.4 Å². The second-order valence-electron chi connectivity index (χ2n) is 5.10. The number of nitrogens with zero attached hydrogens (tertiary/aromatic N) is 2. The van der Waals surface area contributed by atoms with Gasteiger partial charge in [-0.15, -0.1) is 0 Å². The number of hydrogen-bond acceptors (Lipinski definition) is 4. The van der Waals surface area contributed by atoms with Crippen molar-refractivity contribution < 1.29 is 10.0 Å². The maximum Gasteiger partial charge on any atom is 0.272 e. The molecule has 0 bridgehead atoms. The highest BCUT2D eigenvalue weighted by Crippen LogP contribution is 2.30. The largest absolute Gasteiger partial charge is 0.393 e. The number of hydrogen-bond donors (Lipinski definition) is 1. The third kappa shape index (κ3) is 2.61. The lowest BCUT2D eigenvalue weighted by Crippen LogP contribution is -2.37. The van der Waals surface area contributed by atoms with Gasteiger partial charge in [-0.2, -0.15) is 0 Å². The molecule has 5 nitrogen and oxygen atoms in total. The lowest BCUT2D eigenvalue weighted by Gasteiger charge is -2.35. The fourth-order valence-corrected chi connectivity index (χ4v) is 2.42. The number of aliphatic hydroxyl groups is 1. The molecule has 1 aliphatic rings. The lowest BCUT2D eigenvalue weighted by molar-refractivity contribution is -0.385. The van der Waals surface area contributed by atoms with Crippen molar-refractivity contribution >= 4 is 11.4 Å². The van der Waals surface area contributed by atoms with Crippen LogP contribution in [0, 0.1) is 23.0 Å². The Kier molecular flexibility index (Phi) is 3.52. The van der Waals surface area contributed by atoms with E-state index in [-0.39, 0.29) is 16.7 Å². The minimum absolute atomic E-state index is 0.137. The van der Waals surface area contributed by atoms with Gasteiger partial charge in [-0.25, -0.2) is 0 Å². The Labute approximate surface area is 106 Å². The van der Waals surface area contributed by atoms with E-state index < -0.39 is 0 Å². The average Bonchev–Trinajstić information content (AvgIpc) is 2.26. The predicted octanol–water partition coefficient (Wildman–Crippen LogP) is 2.11. The molecule has 0 radical (unpaired) electrons. The van der Waals surface area contributed by atoms with Crippen molar-refractivity contribution in [3.63, 3.8) is 0 Å². The van der Waals surface area contributed by atoms with Crippen LogP contribution in [0.1, 0.15) is 18.4 Å². The number of aryl methyl sites for hydroxylation is 1. The van der Waals surface area contributed by atoms with E-state index in [1.165, 1.54) is 0 Å². The number of nitro benzene ring substituents is 1. The van der Waals surface area contributed by atoms with Crippen LogP contribution >= 0.6 is 0 Å². The molecule has 1 aromatic carbocycles. The van der Waals surface area contributed by atoms with E-state index >= 15 is 0 Å². The van der Waals surface area contributed by atoms with Crippen molar-refractivity contribution in [1.82, 2.24) is 0 Å². The van der Waals surface area contributed by atoms with E-state index in [2.05, 4.69) is 4.90 Å². The van der Waals surface area contributed by atoms with Gasteiger partial charge in [0.25, 0.3) is 5.69 Å². The van der Waals surface area contributed by atoms with E-state index in [0.717, 1.165) is 25.1 Å².